The normalized spacial score (nSPS) is 23.8. The van der Waals surface area contributed by atoms with E-state index in [1.807, 2.05) is 35.2 Å². The second kappa shape index (κ2) is 9.12. The maximum absolute atomic E-state index is 12.5. The number of nitrogens with two attached hydrogens (primary N) is 1. The van der Waals surface area contributed by atoms with Crippen LogP contribution in [0.25, 0.3) is 0 Å². The van der Waals surface area contributed by atoms with Crippen LogP contribution in [0, 0.1) is 0 Å². The SMILES string of the molecule is NC[C@H]1CC[C@@H](C(=O)N2CCN(CC(=O)NCc3ccccc3)CC2)O1. The predicted molar refractivity (Wildman–Crippen MR) is 98.3 cm³/mol. The van der Waals surface area contributed by atoms with Crippen LogP contribution in [0.1, 0.15) is 18.4 Å². The molecule has 142 valence electrons. The molecule has 2 atom stereocenters. The molecule has 26 heavy (non-hydrogen) atoms. The summed E-state index contributed by atoms with van der Waals surface area (Å²) in [5, 5.41) is 2.94. The van der Waals surface area contributed by atoms with Gasteiger partial charge in [0.1, 0.15) is 6.10 Å². The monoisotopic (exact) mass is 360 g/mol. The zero-order valence-corrected chi connectivity index (χ0v) is 15.1. The van der Waals surface area contributed by atoms with Gasteiger partial charge in [-0.1, -0.05) is 30.3 Å². The lowest BCUT2D eigenvalue weighted by Crippen LogP contribution is -2.53. The van der Waals surface area contributed by atoms with Crippen molar-refractivity contribution >= 4 is 11.8 Å². The summed E-state index contributed by atoms with van der Waals surface area (Å²) in [7, 11) is 0. The number of piperazine rings is 1. The van der Waals surface area contributed by atoms with Crippen molar-refractivity contribution in [2.45, 2.75) is 31.6 Å². The molecular weight excluding hydrogens is 332 g/mol. The van der Waals surface area contributed by atoms with Gasteiger partial charge in [-0.15, -0.1) is 0 Å². The Balaban J connectivity index is 1.37. The Bertz CT molecular complexity index is 602. The molecule has 2 heterocycles. The molecule has 1 aromatic carbocycles. The van der Waals surface area contributed by atoms with Crippen molar-refractivity contribution < 1.29 is 14.3 Å². The van der Waals surface area contributed by atoms with Crippen LogP contribution < -0.4 is 11.1 Å². The number of hydrogen-bond donors (Lipinski definition) is 2. The van der Waals surface area contributed by atoms with Gasteiger partial charge in [-0.3, -0.25) is 14.5 Å². The van der Waals surface area contributed by atoms with Crippen molar-refractivity contribution in [3.63, 3.8) is 0 Å². The first-order chi connectivity index (χ1) is 12.7. The first kappa shape index (κ1) is 18.8. The average molecular weight is 360 g/mol. The number of ether oxygens (including phenoxy) is 1. The fraction of sp³-hybridized carbons (Fsp3) is 0.579. The maximum Gasteiger partial charge on any atom is 0.251 e. The van der Waals surface area contributed by atoms with Crippen LogP contribution in [-0.4, -0.2) is 73.1 Å². The number of benzene rings is 1. The van der Waals surface area contributed by atoms with Gasteiger partial charge in [-0.25, -0.2) is 0 Å². The lowest BCUT2D eigenvalue weighted by molar-refractivity contribution is -0.144. The average Bonchev–Trinajstić information content (AvgIpc) is 3.16. The van der Waals surface area contributed by atoms with Crippen molar-refractivity contribution in [2.75, 3.05) is 39.3 Å². The third-order valence-electron chi connectivity index (χ3n) is 5.03. The number of rotatable bonds is 6. The second-order valence-electron chi connectivity index (χ2n) is 6.92. The Morgan fingerprint density at radius 2 is 1.85 bits per heavy atom. The third-order valence-corrected chi connectivity index (χ3v) is 5.03. The molecule has 0 radical (unpaired) electrons. The van der Waals surface area contributed by atoms with E-state index < -0.39 is 0 Å². The van der Waals surface area contributed by atoms with E-state index in [2.05, 4.69) is 10.2 Å². The van der Waals surface area contributed by atoms with Crippen molar-refractivity contribution in [2.24, 2.45) is 5.73 Å². The van der Waals surface area contributed by atoms with E-state index in [1.54, 1.807) is 0 Å². The quantitative estimate of drug-likeness (QED) is 0.743. The molecule has 2 aliphatic rings. The predicted octanol–water partition coefficient (Wildman–Crippen LogP) is -0.0467. The van der Waals surface area contributed by atoms with Crippen molar-refractivity contribution in [3.05, 3.63) is 35.9 Å². The molecule has 1 aromatic rings. The minimum absolute atomic E-state index is 0.0125. The summed E-state index contributed by atoms with van der Waals surface area (Å²) in [5.74, 6) is 0.0765. The number of nitrogens with one attached hydrogen (secondary N) is 1. The zero-order valence-electron chi connectivity index (χ0n) is 15.1. The summed E-state index contributed by atoms with van der Waals surface area (Å²) < 4.78 is 5.70. The first-order valence-electron chi connectivity index (χ1n) is 9.33. The van der Waals surface area contributed by atoms with Crippen LogP contribution in [-0.2, 0) is 20.9 Å². The van der Waals surface area contributed by atoms with Gasteiger partial charge >= 0.3 is 0 Å². The fourth-order valence-electron chi connectivity index (χ4n) is 3.45. The second-order valence-corrected chi connectivity index (χ2v) is 6.92. The molecule has 2 aliphatic heterocycles. The van der Waals surface area contributed by atoms with Gasteiger partial charge in [0.15, 0.2) is 0 Å². The lowest BCUT2D eigenvalue weighted by atomic mass is 10.1. The van der Waals surface area contributed by atoms with E-state index in [1.165, 1.54) is 0 Å². The van der Waals surface area contributed by atoms with Crippen LogP contribution in [0.3, 0.4) is 0 Å². The highest BCUT2D eigenvalue weighted by molar-refractivity contribution is 5.81. The molecule has 0 aliphatic carbocycles. The molecule has 7 nitrogen and oxygen atoms in total. The number of hydrogen-bond acceptors (Lipinski definition) is 5. The largest absolute Gasteiger partial charge is 0.364 e. The smallest absolute Gasteiger partial charge is 0.251 e. The zero-order chi connectivity index (χ0) is 18.4. The first-order valence-corrected chi connectivity index (χ1v) is 9.33. The lowest BCUT2D eigenvalue weighted by Gasteiger charge is -2.35. The summed E-state index contributed by atoms with van der Waals surface area (Å²) in [6.45, 7) is 4.06. The molecule has 0 aromatic heterocycles. The van der Waals surface area contributed by atoms with E-state index in [0.29, 0.717) is 45.8 Å². The maximum atomic E-state index is 12.5. The van der Waals surface area contributed by atoms with Crippen molar-refractivity contribution in [3.8, 4) is 0 Å². The Kier molecular flexibility index (Phi) is 6.60. The number of nitrogens with zero attached hydrogens (tertiary/aromatic N) is 2. The number of amides is 2. The van der Waals surface area contributed by atoms with E-state index in [9.17, 15) is 9.59 Å². The molecule has 2 amide bonds. The molecule has 3 N–H and O–H groups in total. The summed E-state index contributed by atoms with van der Waals surface area (Å²) in [4.78, 5) is 28.6. The summed E-state index contributed by atoms with van der Waals surface area (Å²) >= 11 is 0. The minimum atomic E-state index is -0.343. The van der Waals surface area contributed by atoms with E-state index in [0.717, 1.165) is 18.4 Å². The number of carbonyl (C=O) groups excluding carboxylic acids is 2. The molecule has 3 rings (SSSR count). The van der Waals surface area contributed by atoms with E-state index in [4.69, 9.17) is 10.5 Å². The van der Waals surface area contributed by atoms with Gasteiger partial charge in [-0.2, -0.15) is 0 Å². The van der Waals surface area contributed by atoms with Crippen LogP contribution in [0.4, 0.5) is 0 Å². The molecular formula is C19H28N4O3. The molecule has 0 unspecified atom stereocenters. The van der Waals surface area contributed by atoms with E-state index in [-0.39, 0.29) is 24.0 Å². The molecule has 7 heteroatoms. The summed E-state index contributed by atoms with van der Waals surface area (Å²) in [6, 6.07) is 9.86. The van der Waals surface area contributed by atoms with Crippen LogP contribution in [0.15, 0.2) is 30.3 Å². The number of carbonyl (C=O) groups is 2. The van der Waals surface area contributed by atoms with Crippen LogP contribution in [0.2, 0.25) is 0 Å². The molecule has 2 fully saturated rings. The van der Waals surface area contributed by atoms with Gasteiger partial charge in [0.25, 0.3) is 5.91 Å². The van der Waals surface area contributed by atoms with Gasteiger partial charge < -0.3 is 20.7 Å². The highest BCUT2D eigenvalue weighted by Crippen LogP contribution is 2.21. The van der Waals surface area contributed by atoms with E-state index >= 15 is 0 Å². The van der Waals surface area contributed by atoms with Gasteiger partial charge in [0.2, 0.25) is 5.91 Å². The van der Waals surface area contributed by atoms with Crippen molar-refractivity contribution in [1.29, 1.82) is 0 Å². The summed E-state index contributed by atoms with van der Waals surface area (Å²) in [5.41, 5.74) is 6.69. The van der Waals surface area contributed by atoms with Gasteiger partial charge in [-0.05, 0) is 18.4 Å². The Morgan fingerprint density at radius 3 is 2.50 bits per heavy atom. The molecule has 2 saturated heterocycles. The standard InChI is InChI=1S/C19H28N4O3/c20-12-16-6-7-17(26-16)19(25)23-10-8-22(9-11-23)14-18(24)21-13-15-4-2-1-3-5-15/h1-5,16-17H,6-14,20H2,(H,21,24)/t16-,17+/m1/s1. The topological polar surface area (TPSA) is 87.9 Å². The van der Waals surface area contributed by atoms with Crippen molar-refractivity contribution in [1.82, 2.24) is 15.1 Å². The molecule has 0 saturated carbocycles. The van der Waals surface area contributed by atoms with Gasteiger partial charge in [0.05, 0.1) is 12.6 Å². The Morgan fingerprint density at radius 1 is 1.12 bits per heavy atom. The van der Waals surface area contributed by atoms with Crippen LogP contribution >= 0.6 is 0 Å². The third kappa shape index (κ3) is 5.03. The highest BCUT2D eigenvalue weighted by atomic mass is 16.5. The van der Waals surface area contributed by atoms with Crippen LogP contribution in [0.5, 0.6) is 0 Å². The fourth-order valence-corrected chi connectivity index (χ4v) is 3.45. The molecule has 0 spiro atoms. The highest BCUT2D eigenvalue weighted by Gasteiger charge is 2.34. The molecule has 0 bridgehead atoms. The minimum Gasteiger partial charge on any atom is -0.364 e. The summed E-state index contributed by atoms with van der Waals surface area (Å²) in [6.07, 6.45) is 1.28. The Hall–Kier alpha value is -1.96. The Labute approximate surface area is 154 Å². The van der Waals surface area contributed by atoms with Gasteiger partial charge in [0, 0.05) is 39.3 Å².